The van der Waals surface area contributed by atoms with Crippen LogP contribution in [0.2, 0.25) is 0 Å². The molecule has 0 saturated heterocycles. The van der Waals surface area contributed by atoms with E-state index in [1.807, 2.05) is 6.92 Å². The minimum Gasteiger partial charge on any atom is -0.369 e. The Labute approximate surface area is 120 Å². The number of aromatic nitrogens is 2. The molecule has 1 aromatic heterocycles. The van der Waals surface area contributed by atoms with Crippen molar-refractivity contribution < 1.29 is 9.18 Å². The number of hydrogen-bond acceptors (Lipinski definition) is 4. The number of rotatable bonds is 4. The van der Waals surface area contributed by atoms with Crippen LogP contribution in [0.15, 0.2) is 35.1 Å². The summed E-state index contributed by atoms with van der Waals surface area (Å²) in [5, 5.41) is 2.55. The Balaban J connectivity index is 2.13. The highest BCUT2D eigenvalue weighted by molar-refractivity contribution is 5.90. The molecule has 0 aliphatic heterocycles. The van der Waals surface area contributed by atoms with Crippen molar-refractivity contribution in [1.82, 2.24) is 9.55 Å². The highest BCUT2D eigenvalue weighted by atomic mass is 19.1. The lowest BCUT2D eigenvalue weighted by atomic mass is 10.3. The van der Waals surface area contributed by atoms with E-state index in [-0.39, 0.29) is 18.1 Å². The third kappa shape index (κ3) is 3.65. The molecule has 0 fully saturated rings. The molecule has 0 spiro atoms. The predicted octanol–water partition coefficient (Wildman–Crippen LogP) is 1.17. The standard InChI is InChI=1S/C14H15FN4O2/c1-2-10-7-13(21)19(14(16)18-10)8-12(20)17-11-5-3-9(15)4-6-11/h3-7H,2,8H2,1H3,(H2,16,18)(H,17,20). The third-order valence-corrected chi connectivity index (χ3v) is 2.88. The molecule has 2 rings (SSSR count). The van der Waals surface area contributed by atoms with Crippen LogP contribution in [0, 0.1) is 5.82 Å². The zero-order valence-electron chi connectivity index (χ0n) is 11.5. The molecule has 21 heavy (non-hydrogen) atoms. The van der Waals surface area contributed by atoms with E-state index in [4.69, 9.17) is 5.73 Å². The molecular weight excluding hydrogens is 275 g/mol. The molecule has 110 valence electrons. The molecule has 3 N–H and O–H groups in total. The maximum Gasteiger partial charge on any atom is 0.255 e. The summed E-state index contributed by atoms with van der Waals surface area (Å²) < 4.78 is 13.8. The maximum absolute atomic E-state index is 12.8. The number of nitrogens with one attached hydrogen (secondary N) is 1. The first kappa shape index (κ1) is 14.7. The van der Waals surface area contributed by atoms with E-state index in [1.165, 1.54) is 30.3 Å². The van der Waals surface area contributed by atoms with Crippen molar-refractivity contribution in [1.29, 1.82) is 0 Å². The second kappa shape index (κ2) is 6.17. The third-order valence-electron chi connectivity index (χ3n) is 2.88. The van der Waals surface area contributed by atoms with E-state index in [0.29, 0.717) is 17.8 Å². The molecule has 7 heteroatoms. The van der Waals surface area contributed by atoms with Gasteiger partial charge in [-0.05, 0) is 30.7 Å². The number of carbonyl (C=O) groups excluding carboxylic acids is 1. The van der Waals surface area contributed by atoms with Gasteiger partial charge in [0.1, 0.15) is 12.4 Å². The molecule has 0 unspecified atom stereocenters. The smallest absolute Gasteiger partial charge is 0.255 e. The Hall–Kier alpha value is -2.70. The fourth-order valence-electron chi connectivity index (χ4n) is 1.79. The number of aryl methyl sites for hydroxylation is 1. The number of halogens is 1. The van der Waals surface area contributed by atoms with Crippen molar-refractivity contribution in [2.24, 2.45) is 0 Å². The molecular formula is C14H15FN4O2. The molecule has 2 aromatic rings. The Kier molecular flexibility index (Phi) is 4.32. The van der Waals surface area contributed by atoms with Crippen LogP contribution in [-0.4, -0.2) is 15.5 Å². The molecule has 0 aliphatic carbocycles. The van der Waals surface area contributed by atoms with Crippen LogP contribution in [0.4, 0.5) is 16.0 Å². The van der Waals surface area contributed by atoms with Crippen molar-refractivity contribution in [2.75, 3.05) is 11.1 Å². The number of nitrogens with two attached hydrogens (primary N) is 1. The zero-order valence-corrected chi connectivity index (χ0v) is 11.5. The SMILES string of the molecule is CCc1cc(=O)n(CC(=O)Nc2ccc(F)cc2)c(N)n1. The zero-order chi connectivity index (χ0) is 15.4. The average molecular weight is 290 g/mol. The van der Waals surface area contributed by atoms with Crippen LogP contribution >= 0.6 is 0 Å². The number of nitrogen functional groups attached to an aromatic ring is 1. The molecule has 0 saturated carbocycles. The summed E-state index contributed by atoms with van der Waals surface area (Å²) in [5.41, 5.74) is 6.31. The monoisotopic (exact) mass is 290 g/mol. The minimum atomic E-state index is -0.443. The molecule has 0 radical (unpaired) electrons. The summed E-state index contributed by atoms with van der Waals surface area (Å²) in [4.78, 5) is 27.8. The van der Waals surface area contributed by atoms with Crippen molar-refractivity contribution in [3.8, 4) is 0 Å². The fraction of sp³-hybridized carbons (Fsp3) is 0.214. The molecule has 0 atom stereocenters. The summed E-state index contributed by atoms with van der Waals surface area (Å²) in [6.07, 6.45) is 0.585. The van der Waals surface area contributed by atoms with E-state index < -0.39 is 11.7 Å². The van der Waals surface area contributed by atoms with Crippen molar-refractivity contribution in [3.63, 3.8) is 0 Å². The Morgan fingerprint density at radius 2 is 2.05 bits per heavy atom. The highest BCUT2D eigenvalue weighted by Crippen LogP contribution is 2.08. The van der Waals surface area contributed by atoms with Gasteiger partial charge in [0, 0.05) is 17.4 Å². The summed E-state index contributed by atoms with van der Waals surface area (Å²) in [7, 11) is 0. The van der Waals surface area contributed by atoms with Gasteiger partial charge in [-0.3, -0.25) is 14.2 Å². The van der Waals surface area contributed by atoms with Gasteiger partial charge in [0.15, 0.2) is 0 Å². The molecule has 1 heterocycles. The van der Waals surface area contributed by atoms with Gasteiger partial charge in [-0.15, -0.1) is 0 Å². The van der Waals surface area contributed by atoms with Gasteiger partial charge in [0.2, 0.25) is 11.9 Å². The first-order valence-electron chi connectivity index (χ1n) is 6.41. The molecule has 0 aliphatic rings. The van der Waals surface area contributed by atoms with E-state index in [1.54, 1.807) is 0 Å². The van der Waals surface area contributed by atoms with Crippen LogP contribution in [-0.2, 0) is 17.8 Å². The number of benzene rings is 1. The van der Waals surface area contributed by atoms with Gasteiger partial charge in [0.05, 0.1) is 0 Å². The van der Waals surface area contributed by atoms with Gasteiger partial charge in [-0.2, -0.15) is 0 Å². The average Bonchev–Trinajstić information content (AvgIpc) is 2.45. The van der Waals surface area contributed by atoms with E-state index in [2.05, 4.69) is 10.3 Å². The van der Waals surface area contributed by atoms with Crippen molar-refractivity contribution in [3.05, 3.63) is 52.2 Å². The van der Waals surface area contributed by atoms with Crippen molar-refractivity contribution in [2.45, 2.75) is 19.9 Å². The summed E-state index contributed by atoms with van der Waals surface area (Å²) in [5.74, 6) is -0.845. The Morgan fingerprint density at radius 1 is 1.38 bits per heavy atom. The summed E-state index contributed by atoms with van der Waals surface area (Å²) in [6, 6.07) is 6.67. The number of hydrogen-bond donors (Lipinski definition) is 2. The van der Waals surface area contributed by atoms with Crippen LogP contribution < -0.4 is 16.6 Å². The number of amides is 1. The van der Waals surface area contributed by atoms with Crippen LogP contribution in [0.1, 0.15) is 12.6 Å². The predicted molar refractivity (Wildman–Crippen MR) is 77.3 cm³/mol. The quantitative estimate of drug-likeness (QED) is 0.884. The topological polar surface area (TPSA) is 90.0 Å². The first-order chi connectivity index (χ1) is 9.99. The molecule has 1 amide bonds. The van der Waals surface area contributed by atoms with Gasteiger partial charge in [-0.1, -0.05) is 6.92 Å². The number of nitrogens with zero attached hydrogens (tertiary/aromatic N) is 2. The lowest BCUT2D eigenvalue weighted by Gasteiger charge is -2.10. The maximum atomic E-state index is 12.8. The molecule has 1 aromatic carbocycles. The summed E-state index contributed by atoms with van der Waals surface area (Å²) >= 11 is 0. The number of carbonyl (C=O) groups is 1. The Morgan fingerprint density at radius 3 is 2.62 bits per heavy atom. The second-order valence-corrected chi connectivity index (χ2v) is 4.44. The lowest BCUT2D eigenvalue weighted by Crippen LogP contribution is -2.30. The van der Waals surface area contributed by atoms with E-state index in [9.17, 15) is 14.0 Å². The van der Waals surface area contributed by atoms with Gasteiger partial charge < -0.3 is 11.1 Å². The first-order valence-corrected chi connectivity index (χ1v) is 6.41. The van der Waals surface area contributed by atoms with Crippen LogP contribution in [0.3, 0.4) is 0 Å². The van der Waals surface area contributed by atoms with E-state index >= 15 is 0 Å². The number of anilines is 2. The Bertz CT molecular complexity index is 710. The highest BCUT2D eigenvalue weighted by Gasteiger charge is 2.10. The van der Waals surface area contributed by atoms with Gasteiger partial charge in [0.25, 0.3) is 5.56 Å². The lowest BCUT2D eigenvalue weighted by molar-refractivity contribution is -0.116. The second-order valence-electron chi connectivity index (χ2n) is 4.44. The largest absolute Gasteiger partial charge is 0.369 e. The normalized spacial score (nSPS) is 10.4. The van der Waals surface area contributed by atoms with Crippen molar-refractivity contribution >= 4 is 17.5 Å². The van der Waals surface area contributed by atoms with Gasteiger partial charge in [-0.25, -0.2) is 9.37 Å². The minimum absolute atomic E-state index is 0.00592. The molecule has 0 bridgehead atoms. The van der Waals surface area contributed by atoms with Gasteiger partial charge >= 0.3 is 0 Å². The van der Waals surface area contributed by atoms with Crippen LogP contribution in [0.5, 0.6) is 0 Å². The fourth-order valence-corrected chi connectivity index (χ4v) is 1.79. The van der Waals surface area contributed by atoms with E-state index in [0.717, 1.165) is 4.57 Å². The molecule has 6 nitrogen and oxygen atoms in total. The van der Waals surface area contributed by atoms with Crippen LogP contribution in [0.25, 0.3) is 0 Å². The summed E-state index contributed by atoms with van der Waals surface area (Å²) in [6.45, 7) is 1.60.